The summed E-state index contributed by atoms with van der Waals surface area (Å²) in [6.07, 6.45) is 6.34. The molecule has 1 heterocycles. The summed E-state index contributed by atoms with van der Waals surface area (Å²) in [4.78, 5) is 4.59. The number of benzene rings is 1. The molecular weight excluding hydrogens is 402 g/mol. The van der Waals surface area contributed by atoms with Gasteiger partial charge in [-0.25, -0.2) is 9.37 Å². The Labute approximate surface area is 143 Å². The number of hydrogen-bond donors (Lipinski definition) is 0. The highest BCUT2D eigenvalue weighted by molar-refractivity contribution is 14.1. The number of alkyl halides is 1. The second-order valence-electron chi connectivity index (χ2n) is 6.37. The maximum Gasteiger partial charge on any atom is 0.138 e. The molecule has 0 unspecified atom stereocenters. The highest BCUT2D eigenvalue weighted by Crippen LogP contribution is 2.38. The molecule has 114 valence electrons. The SMILES string of the molecule is CC1(Cn2c(CCl)nc3cc(I)c(F)cc32)CCCCC1. The summed E-state index contributed by atoms with van der Waals surface area (Å²) in [6.45, 7) is 3.21. The van der Waals surface area contributed by atoms with Crippen LogP contribution >= 0.6 is 34.2 Å². The highest BCUT2D eigenvalue weighted by Gasteiger charge is 2.29. The zero-order valence-corrected chi connectivity index (χ0v) is 15.0. The van der Waals surface area contributed by atoms with Crippen molar-refractivity contribution in [3.63, 3.8) is 0 Å². The van der Waals surface area contributed by atoms with Gasteiger partial charge in [0.2, 0.25) is 0 Å². The summed E-state index contributed by atoms with van der Waals surface area (Å²) in [6, 6.07) is 3.41. The van der Waals surface area contributed by atoms with Crippen LogP contribution in [-0.2, 0) is 12.4 Å². The van der Waals surface area contributed by atoms with Crippen molar-refractivity contribution < 1.29 is 4.39 Å². The Morgan fingerprint density at radius 1 is 1.33 bits per heavy atom. The number of hydrogen-bond acceptors (Lipinski definition) is 1. The van der Waals surface area contributed by atoms with E-state index < -0.39 is 0 Å². The van der Waals surface area contributed by atoms with Gasteiger partial charge >= 0.3 is 0 Å². The minimum absolute atomic E-state index is 0.181. The van der Waals surface area contributed by atoms with Gasteiger partial charge in [0.05, 0.1) is 20.5 Å². The van der Waals surface area contributed by atoms with Crippen molar-refractivity contribution >= 4 is 45.2 Å². The fourth-order valence-electron chi connectivity index (χ4n) is 3.39. The molecule has 0 bridgehead atoms. The Morgan fingerprint density at radius 2 is 2.05 bits per heavy atom. The molecule has 1 fully saturated rings. The number of fused-ring (bicyclic) bond motifs is 1. The van der Waals surface area contributed by atoms with Gasteiger partial charge < -0.3 is 4.57 Å². The molecule has 0 amide bonds. The van der Waals surface area contributed by atoms with Crippen molar-refractivity contribution in [2.45, 2.75) is 51.5 Å². The second kappa shape index (κ2) is 6.03. The van der Waals surface area contributed by atoms with Crippen molar-refractivity contribution in [2.75, 3.05) is 0 Å². The van der Waals surface area contributed by atoms with E-state index in [4.69, 9.17) is 11.6 Å². The summed E-state index contributed by atoms with van der Waals surface area (Å²) < 4.78 is 16.7. The van der Waals surface area contributed by atoms with Gasteiger partial charge in [0.25, 0.3) is 0 Å². The topological polar surface area (TPSA) is 17.8 Å². The smallest absolute Gasteiger partial charge is 0.138 e. The fraction of sp³-hybridized carbons (Fsp3) is 0.562. The Morgan fingerprint density at radius 3 is 2.71 bits per heavy atom. The van der Waals surface area contributed by atoms with Gasteiger partial charge in [0, 0.05) is 12.6 Å². The summed E-state index contributed by atoms with van der Waals surface area (Å²) >= 11 is 8.07. The van der Waals surface area contributed by atoms with Crippen LogP contribution in [0.1, 0.15) is 44.9 Å². The Bertz CT molecular complexity index is 662. The van der Waals surface area contributed by atoms with E-state index in [-0.39, 0.29) is 11.2 Å². The molecule has 1 aliphatic rings. The van der Waals surface area contributed by atoms with Crippen LogP contribution < -0.4 is 0 Å². The lowest BCUT2D eigenvalue weighted by atomic mass is 9.75. The molecule has 0 radical (unpaired) electrons. The van der Waals surface area contributed by atoms with E-state index in [2.05, 4.69) is 16.5 Å². The van der Waals surface area contributed by atoms with E-state index >= 15 is 0 Å². The lowest BCUT2D eigenvalue weighted by Crippen LogP contribution is -2.26. The number of rotatable bonds is 3. The quantitative estimate of drug-likeness (QED) is 0.474. The van der Waals surface area contributed by atoms with Crippen molar-refractivity contribution in [1.29, 1.82) is 0 Å². The molecule has 2 aromatic rings. The van der Waals surface area contributed by atoms with E-state index in [1.807, 2.05) is 22.6 Å². The number of aromatic nitrogens is 2. The van der Waals surface area contributed by atoms with E-state index in [1.165, 1.54) is 32.1 Å². The van der Waals surface area contributed by atoms with Crippen LogP contribution in [0.15, 0.2) is 12.1 Å². The van der Waals surface area contributed by atoms with Gasteiger partial charge in [-0.2, -0.15) is 0 Å². The van der Waals surface area contributed by atoms with Crippen molar-refractivity contribution in [2.24, 2.45) is 5.41 Å². The summed E-state index contributed by atoms with van der Waals surface area (Å²) in [7, 11) is 0. The zero-order valence-electron chi connectivity index (χ0n) is 12.1. The molecule has 0 saturated heterocycles. The van der Waals surface area contributed by atoms with E-state index in [0.29, 0.717) is 9.45 Å². The number of imidazole rings is 1. The predicted molar refractivity (Wildman–Crippen MR) is 93.2 cm³/mol. The molecule has 0 N–H and O–H groups in total. The molecular formula is C16H19ClFIN2. The molecule has 21 heavy (non-hydrogen) atoms. The first-order chi connectivity index (χ1) is 10.0. The molecule has 3 rings (SSSR count). The number of halogens is 3. The normalized spacial score (nSPS) is 18.3. The average molecular weight is 421 g/mol. The molecule has 0 spiro atoms. The maximum atomic E-state index is 13.9. The Balaban J connectivity index is 2.05. The van der Waals surface area contributed by atoms with E-state index in [1.54, 1.807) is 12.1 Å². The fourth-order valence-corrected chi connectivity index (χ4v) is 4.05. The van der Waals surface area contributed by atoms with Gasteiger partial charge in [-0.1, -0.05) is 26.2 Å². The minimum atomic E-state index is -0.181. The first kappa shape index (κ1) is 15.5. The van der Waals surface area contributed by atoms with Crippen LogP contribution in [-0.4, -0.2) is 9.55 Å². The molecule has 1 aromatic carbocycles. The Kier molecular flexibility index (Phi) is 4.46. The number of nitrogens with zero attached hydrogens (tertiary/aromatic N) is 2. The van der Waals surface area contributed by atoms with E-state index in [0.717, 1.165) is 23.4 Å². The summed E-state index contributed by atoms with van der Waals surface area (Å²) in [5.74, 6) is 1.03. The summed E-state index contributed by atoms with van der Waals surface area (Å²) in [5, 5.41) is 0. The second-order valence-corrected chi connectivity index (χ2v) is 7.80. The minimum Gasteiger partial charge on any atom is -0.326 e. The van der Waals surface area contributed by atoms with Crippen LogP contribution in [0.5, 0.6) is 0 Å². The van der Waals surface area contributed by atoms with Gasteiger partial charge in [-0.3, -0.25) is 0 Å². The maximum absolute atomic E-state index is 13.9. The van der Waals surface area contributed by atoms with Gasteiger partial charge in [0.1, 0.15) is 11.6 Å². The van der Waals surface area contributed by atoms with Crippen LogP contribution in [0, 0.1) is 14.8 Å². The Hall–Kier alpha value is -0.360. The standard InChI is InChI=1S/C16H19ClFIN2/c1-16(5-3-2-4-6-16)10-21-14-7-11(18)12(19)8-13(14)20-15(21)9-17/h7-8H,2-6,9-10H2,1H3. The third kappa shape index (κ3) is 3.07. The molecule has 1 aliphatic carbocycles. The molecule has 0 atom stereocenters. The lowest BCUT2D eigenvalue weighted by molar-refractivity contribution is 0.184. The monoisotopic (exact) mass is 420 g/mol. The van der Waals surface area contributed by atoms with E-state index in [9.17, 15) is 4.39 Å². The van der Waals surface area contributed by atoms with Crippen LogP contribution in [0.4, 0.5) is 4.39 Å². The molecule has 0 aliphatic heterocycles. The van der Waals surface area contributed by atoms with Crippen molar-refractivity contribution in [3.05, 3.63) is 27.3 Å². The lowest BCUT2D eigenvalue weighted by Gasteiger charge is -2.34. The predicted octanol–water partition coefficient (Wildman–Crippen LogP) is 5.49. The van der Waals surface area contributed by atoms with Gasteiger partial charge in [-0.05, 0) is 46.9 Å². The zero-order chi connectivity index (χ0) is 15.0. The first-order valence-corrected chi connectivity index (χ1v) is 9.04. The largest absolute Gasteiger partial charge is 0.326 e. The van der Waals surface area contributed by atoms with Crippen LogP contribution in [0.25, 0.3) is 11.0 Å². The average Bonchev–Trinajstić information content (AvgIpc) is 2.77. The van der Waals surface area contributed by atoms with Crippen LogP contribution in [0.2, 0.25) is 0 Å². The third-order valence-electron chi connectivity index (χ3n) is 4.59. The molecule has 2 nitrogen and oxygen atoms in total. The van der Waals surface area contributed by atoms with Crippen molar-refractivity contribution in [3.8, 4) is 0 Å². The molecule has 1 saturated carbocycles. The molecule has 1 aromatic heterocycles. The third-order valence-corrected chi connectivity index (χ3v) is 5.66. The molecule has 5 heteroatoms. The van der Waals surface area contributed by atoms with Gasteiger partial charge in [0.15, 0.2) is 0 Å². The first-order valence-electron chi connectivity index (χ1n) is 7.42. The van der Waals surface area contributed by atoms with Crippen molar-refractivity contribution in [1.82, 2.24) is 9.55 Å². The summed E-state index contributed by atoms with van der Waals surface area (Å²) in [5.41, 5.74) is 1.98. The highest BCUT2D eigenvalue weighted by atomic mass is 127. The van der Waals surface area contributed by atoms with Gasteiger partial charge in [-0.15, -0.1) is 11.6 Å². The van der Waals surface area contributed by atoms with Crippen LogP contribution in [0.3, 0.4) is 0 Å².